The van der Waals surface area contributed by atoms with Gasteiger partial charge in [-0.2, -0.15) is 0 Å². The topological polar surface area (TPSA) is 0 Å². The zero-order valence-corrected chi connectivity index (χ0v) is 14.3. The second kappa shape index (κ2) is 8.16. The quantitative estimate of drug-likeness (QED) is 0.268. The van der Waals surface area contributed by atoms with Crippen LogP contribution in [-0.2, 0) is 0 Å². The van der Waals surface area contributed by atoms with Gasteiger partial charge in [-0.05, 0) is 60.8 Å². The van der Waals surface area contributed by atoms with Crippen molar-refractivity contribution in [2.75, 3.05) is 0 Å². The Kier molecular flexibility index (Phi) is 8.11. The van der Waals surface area contributed by atoms with E-state index in [1.807, 2.05) is 6.08 Å². The first-order valence-corrected chi connectivity index (χ1v) is 9.53. The summed E-state index contributed by atoms with van der Waals surface area (Å²) in [5.74, 6) is 0. The van der Waals surface area contributed by atoms with Gasteiger partial charge >= 0.3 is 0 Å². The second-order valence-corrected chi connectivity index (χ2v) is 11.7. The highest BCUT2D eigenvalue weighted by molar-refractivity contribution is 7.78. The Labute approximate surface area is 116 Å². The van der Waals surface area contributed by atoms with E-state index in [1.54, 1.807) is 0 Å². The Morgan fingerprint density at radius 3 is 1.61 bits per heavy atom. The molecule has 0 fully saturated rings. The molecule has 1 heteroatoms. The lowest BCUT2D eigenvalue weighted by molar-refractivity contribution is 0.738. The van der Waals surface area contributed by atoms with Gasteiger partial charge in [0.25, 0.3) is 0 Å². The minimum Gasteiger partial charge on any atom is -0.103 e. The summed E-state index contributed by atoms with van der Waals surface area (Å²) in [4.78, 5) is 0. The van der Waals surface area contributed by atoms with Crippen LogP contribution in [0.15, 0.2) is 25.3 Å². The number of allylic oxidation sites excluding steroid dienone is 2. The van der Waals surface area contributed by atoms with Crippen LogP contribution in [0.2, 0.25) is 0 Å². The van der Waals surface area contributed by atoms with Crippen LogP contribution in [0.4, 0.5) is 0 Å². The number of hydrogen-bond donors (Lipinski definition) is 0. The molecule has 0 heterocycles. The standard InChI is InChI=1S/C17H34P/c1-9-11-12-13-17(10-2)18(14(3)4,15(5)6)16(7)8/h9-10,14-17H,1-2,11-13H2,3-8H3/q+1. The summed E-state index contributed by atoms with van der Waals surface area (Å²) in [5.41, 5.74) is 3.11. The van der Waals surface area contributed by atoms with Gasteiger partial charge in [0.05, 0.1) is 22.6 Å². The Balaban J connectivity index is 5.23. The lowest BCUT2D eigenvalue weighted by atomic mass is 10.2. The fraction of sp³-hybridized carbons (Fsp3) is 0.765. The van der Waals surface area contributed by atoms with Gasteiger partial charge in [0, 0.05) is 7.26 Å². The van der Waals surface area contributed by atoms with Crippen molar-refractivity contribution in [1.82, 2.24) is 0 Å². The molecule has 0 aromatic heterocycles. The molecule has 1 atom stereocenters. The molecule has 0 aliphatic heterocycles. The van der Waals surface area contributed by atoms with Gasteiger partial charge in [0.15, 0.2) is 0 Å². The Bertz CT molecular complexity index is 229. The molecule has 0 amide bonds. The zero-order chi connectivity index (χ0) is 14.3. The van der Waals surface area contributed by atoms with E-state index in [0.717, 1.165) is 29.1 Å². The smallest absolute Gasteiger partial charge is 0.0881 e. The van der Waals surface area contributed by atoms with Crippen molar-refractivity contribution in [2.24, 2.45) is 0 Å². The van der Waals surface area contributed by atoms with Crippen molar-refractivity contribution in [3.8, 4) is 0 Å². The Hall–Kier alpha value is -0.0900. The van der Waals surface area contributed by atoms with E-state index in [-0.39, 0.29) is 0 Å². The summed E-state index contributed by atoms with van der Waals surface area (Å²) in [6.45, 7) is 22.6. The summed E-state index contributed by atoms with van der Waals surface area (Å²) >= 11 is 0. The number of hydrogen-bond acceptors (Lipinski definition) is 0. The van der Waals surface area contributed by atoms with Crippen LogP contribution < -0.4 is 0 Å². The molecule has 0 aliphatic rings. The molecule has 0 saturated heterocycles. The minimum atomic E-state index is -1.01. The lowest BCUT2D eigenvalue weighted by Gasteiger charge is -2.43. The van der Waals surface area contributed by atoms with E-state index >= 15 is 0 Å². The van der Waals surface area contributed by atoms with E-state index in [4.69, 9.17) is 0 Å². The third kappa shape index (κ3) is 3.70. The van der Waals surface area contributed by atoms with Crippen molar-refractivity contribution in [2.45, 2.75) is 83.4 Å². The highest BCUT2D eigenvalue weighted by Gasteiger charge is 2.51. The maximum Gasteiger partial charge on any atom is 0.0881 e. The van der Waals surface area contributed by atoms with Gasteiger partial charge in [-0.3, -0.25) is 0 Å². The van der Waals surface area contributed by atoms with Crippen LogP contribution in [0, 0.1) is 0 Å². The van der Waals surface area contributed by atoms with Crippen LogP contribution in [0.3, 0.4) is 0 Å². The summed E-state index contributed by atoms with van der Waals surface area (Å²) in [7, 11) is -1.01. The maximum absolute atomic E-state index is 4.15. The SMILES string of the molecule is C=CCCCC(C=C)[P+](C(C)C)(C(C)C)C(C)C. The average Bonchev–Trinajstić information content (AvgIpc) is 2.26. The molecule has 0 bridgehead atoms. The third-order valence-corrected chi connectivity index (χ3v) is 11.4. The first kappa shape index (κ1) is 17.9. The van der Waals surface area contributed by atoms with Crippen LogP contribution in [0.1, 0.15) is 60.8 Å². The molecule has 0 aromatic carbocycles. The van der Waals surface area contributed by atoms with E-state index in [0.29, 0.717) is 0 Å². The van der Waals surface area contributed by atoms with E-state index < -0.39 is 7.26 Å². The van der Waals surface area contributed by atoms with Gasteiger partial charge in [0.2, 0.25) is 0 Å². The molecule has 0 saturated carbocycles. The van der Waals surface area contributed by atoms with E-state index in [9.17, 15) is 0 Å². The maximum atomic E-state index is 4.15. The van der Waals surface area contributed by atoms with Crippen LogP contribution in [0.5, 0.6) is 0 Å². The Morgan fingerprint density at radius 2 is 1.33 bits per heavy atom. The lowest BCUT2D eigenvalue weighted by Crippen LogP contribution is -2.31. The van der Waals surface area contributed by atoms with Crippen LogP contribution in [-0.4, -0.2) is 22.6 Å². The molecular weight excluding hydrogens is 235 g/mol. The highest BCUT2D eigenvalue weighted by Crippen LogP contribution is 2.74. The zero-order valence-electron chi connectivity index (χ0n) is 13.4. The van der Waals surface area contributed by atoms with E-state index in [1.165, 1.54) is 12.8 Å². The predicted molar refractivity (Wildman–Crippen MR) is 90.4 cm³/mol. The van der Waals surface area contributed by atoms with Crippen molar-refractivity contribution in [3.63, 3.8) is 0 Å². The van der Waals surface area contributed by atoms with Gasteiger partial charge in [0.1, 0.15) is 0 Å². The molecule has 1 unspecified atom stereocenters. The largest absolute Gasteiger partial charge is 0.103 e. The Morgan fingerprint density at radius 1 is 0.889 bits per heavy atom. The van der Waals surface area contributed by atoms with Gasteiger partial charge < -0.3 is 0 Å². The minimum absolute atomic E-state index is 0.720. The van der Waals surface area contributed by atoms with Crippen LogP contribution >= 0.6 is 7.26 Å². The van der Waals surface area contributed by atoms with Crippen molar-refractivity contribution in [1.29, 1.82) is 0 Å². The fourth-order valence-electron chi connectivity index (χ4n) is 3.93. The highest BCUT2D eigenvalue weighted by atomic mass is 31.2. The predicted octanol–water partition coefficient (Wildman–Crippen LogP) is 6.14. The molecule has 0 spiro atoms. The molecule has 18 heavy (non-hydrogen) atoms. The first-order chi connectivity index (χ1) is 8.35. The van der Waals surface area contributed by atoms with Gasteiger partial charge in [-0.25, -0.2) is 0 Å². The molecular formula is C17H34P+. The number of unbranched alkanes of at least 4 members (excludes halogenated alkanes) is 1. The summed E-state index contributed by atoms with van der Waals surface area (Å²) < 4.78 is 0. The molecule has 0 N–H and O–H groups in total. The molecule has 0 radical (unpaired) electrons. The molecule has 106 valence electrons. The summed E-state index contributed by atoms with van der Waals surface area (Å²) in [6, 6.07) is 0. The summed E-state index contributed by atoms with van der Waals surface area (Å²) in [6.07, 6.45) is 7.99. The fourth-order valence-corrected chi connectivity index (χ4v) is 10.8. The van der Waals surface area contributed by atoms with Crippen molar-refractivity contribution in [3.05, 3.63) is 25.3 Å². The van der Waals surface area contributed by atoms with Gasteiger partial charge in [-0.1, -0.05) is 18.7 Å². The second-order valence-electron chi connectivity index (χ2n) is 6.20. The molecule has 0 aliphatic carbocycles. The monoisotopic (exact) mass is 269 g/mol. The van der Waals surface area contributed by atoms with Crippen molar-refractivity contribution < 1.29 is 0 Å². The normalized spacial score (nSPS) is 14.3. The summed E-state index contributed by atoms with van der Waals surface area (Å²) in [5, 5.41) is 0. The molecule has 0 aromatic rings. The van der Waals surface area contributed by atoms with Crippen LogP contribution in [0.25, 0.3) is 0 Å². The average molecular weight is 269 g/mol. The molecule has 0 nitrogen and oxygen atoms in total. The number of rotatable bonds is 9. The first-order valence-electron chi connectivity index (χ1n) is 7.46. The molecule has 0 rings (SSSR count). The van der Waals surface area contributed by atoms with E-state index in [2.05, 4.69) is 60.8 Å². The van der Waals surface area contributed by atoms with Crippen molar-refractivity contribution >= 4 is 7.26 Å². The third-order valence-electron chi connectivity index (χ3n) is 4.44. The van der Waals surface area contributed by atoms with Gasteiger partial charge in [-0.15, -0.1) is 6.58 Å².